The lowest BCUT2D eigenvalue weighted by atomic mass is 10.2. The normalized spacial score (nSPS) is 10.6. The third-order valence-corrected chi connectivity index (χ3v) is 4.58. The van der Waals surface area contributed by atoms with E-state index in [1.807, 2.05) is 6.07 Å². The van der Waals surface area contributed by atoms with E-state index in [4.69, 9.17) is 11.6 Å². The summed E-state index contributed by atoms with van der Waals surface area (Å²) in [6.45, 7) is 0.0703. The molecule has 0 fully saturated rings. The van der Waals surface area contributed by atoms with Gasteiger partial charge in [0.25, 0.3) is 5.56 Å². The van der Waals surface area contributed by atoms with Gasteiger partial charge in [0.1, 0.15) is 0 Å². The minimum atomic E-state index is -0.353. The molecule has 1 N–H and O–H groups in total. The molecule has 1 heterocycles. The molecule has 0 bridgehead atoms. The Balaban J connectivity index is 1.57. The second kappa shape index (κ2) is 8.67. The number of nitrogens with zero attached hydrogens (tertiary/aromatic N) is 3. The summed E-state index contributed by atoms with van der Waals surface area (Å²) in [6, 6.07) is 13.9. The lowest BCUT2D eigenvalue weighted by Crippen LogP contribution is -2.36. The first kappa shape index (κ1) is 19.6. The Kier molecular flexibility index (Phi) is 6.06. The van der Waals surface area contributed by atoms with E-state index in [0.29, 0.717) is 21.6 Å². The monoisotopic (exact) mass is 398 g/mol. The van der Waals surface area contributed by atoms with Gasteiger partial charge in [-0.05, 0) is 24.3 Å². The molecule has 0 saturated carbocycles. The van der Waals surface area contributed by atoms with Crippen LogP contribution in [0.3, 0.4) is 0 Å². The van der Waals surface area contributed by atoms with E-state index in [0.717, 1.165) is 0 Å². The van der Waals surface area contributed by atoms with Crippen molar-refractivity contribution in [1.29, 1.82) is 0 Å². The minimum absolute atomic E-state index is 0.0792. The van der Waals surface area contributed by atoms with Crippen molar-refractivity contribution in [2.45, 2.75) is 13.0 Å². The smallest absolute Gasteiger partial charge is 0.261 e. The summed E-state index contributed by atoms with van der Waals surface area (Å²) in [7, 11) is 1.54. The van der Waals surface area contributed by atoms with E-state index in [1.54, 1.807) is 42.5 Å². The van der Waals surface area contributed by atoms with E-state index in [2.05, 4.69) is 10.3 Å². The number of hydrogen-bond donors (Lipinski definition) is 1. The number of para-hydroxylation sites is 2. The number of carbonyl (C=O) groups is 2. The average Bonchev–Trinajstić information content (AvgIpc) is 2.69. The van der Waals surface area contributed by atoms with Gasteiger partial charge in [-0.25, -0.2) is 4.98 Å². The molecular weight excluding hydrogens is 380 g/mol. The number of aryl methyl sites for hydroxylation is 1. The van der Waals surface area contributed by atoms with Crippen LogP contribution in [0.15, 0.2) is 59.7 Å². The van der Waals surface area contributed by atoms with Crippen molar-refractivity contribution < 1.29 is 9.59 Å². The molecule has 0 aliphatic heterocycles. The first-order valence-electron chi connectivity index (χ1n) is 8.68. The molecule has 0 saturated heterocycles. The Morgan fingerprint density at radius 3 is 2.64 bits per heavy atom. The zero-order valence-electron chi connectivity index (χ0n) is 15.3. The third kappa shape index (κ3) is 4.55. The summed E-state index contributed by atoms with van der Waals surface area (Å²) in [5.74, 6) is -0.608. The number of hydrogen-bond acceptors (Lipinski definition) is 4. The Hall–Kier alpha value is -3.19. The SMILES string of the molecule is CN(CC(=O)Nc1ccccc1Cl)C(=O)CCn1cnc2ccccc2c1=O. The topological polar surface area (TPSA) is 84.3 Å². The summed E-state index contributed by atoms with van der Waals surface area (Å²) in [5.41, 5.74) is 0.907. The van der Waals surface area contributed by atoms with E-state index >= 15 is 0 Å². The fourth-order valence-corrected chi connectivity index (χ4v) is 2.91. The largest absolute Gasteiger partial charge is 0.336 e. The van der Waals surface area contributed by atoms with Crippen LogP contribution in [-0.2, 0) is 16.1 Å². The molecule has 3 aromatic rings. The van der Waals surface area contributed by atoms with Crippen LogP contribution in [0.25, 0.3) is 10.9 Å². The van der Waals surface area contributed by atoms with Gasteiger partial charge in [0, 0.05) is 20.0 Å². The zero-order chi connectivity index (χ0) is 20.1. The van der Waals surface area contributed by atoms with Gasteiger partial charge in [-0.1, -0.05) is 35.9 Å². The zero-order valence-corrected chi connectivity index (χ0v) is 16.0. The molecule has 3 rings (SSSR count). The summed E-state index contributed by atoms with van der Waals surface area (Å²) < 4.78 is 1.40. The molecule has 0 unspecified atom stereocenters. The number of amides is 2. The molecule has 0 aliphatic rings. The molecule has 1 aromatic heterocycles. The lowest BCUT2D eigenvalue weighted by molar-refractivity contribution is -0.133. The van der Waals surface area contributed by atoms with Crippen LogP contribution >= 0.6 is 11.6 Å². The molecule has 2 amide bonds. The highest BCUT2D eigenvalue weighted by atomic mass is 35.5. The van der Waals surface area contributed by atoms with Crippen LogP contribution in [0.5, 0.6) is 0 Å². The van der Waals surface area contributed by atoms with Gasteiger partial charge in [0.05, 0.1) is 34.5 Å². The molecule has 0 atom stereocenters. The maximum Gasteiger partial charge on any atom is 0.261 e. The molecule has 2 aromatic carbocycles. The van der Waals surface area contributed by atoms with Crippen LogP contribution in [0.4, 0.5) is 5.69 Å². The number of rotatable bonds is 6. The van der Waals surface area contributed by atoms with Gasteiger partial charge >= 0.3 is 0 Å². The summed E-state index contributed by atoms with van der Waals surface area (Å²) in [6.07, 6.45) is 1.51. The van der Waals surface area contributed by atoms with Crippen molar-refractivity contribution in [3.05, 3.63) is 70.2 Å². The lowest BCUT2D eigenvalue weighted by Gasteiger charge is -2.17. The summed E-state index contributed by atoms with van der Waals surface area (Å²) >= 11 is 6.01. The van der Waals surface area contributed by atoms with E-state index in [9.17, 15) is 14.4 Å². The molecule has 0 spiro atoms. The third-order valence-electron chi connectivity index (χ3n) is 4.25. The first-order chi connectivity index (χ1) is 13.5. The number of aromatic nitrogens is 2. The van der Waals surface area contributed by atoms with Crippen molar-refractivity contribution in [3.63, 3.8) is 0 Å². The van der Waals surface area contributed by atoms with Crippen LogP contribution < -0.4 is 10.9 Å². The van der Waals surface area contributed by atoms with Crippen molar-refractivity contribution in [2.75, 3.05) is 18.9 Å². The highest BCUT2D eigenvalue weighted by Gasteiger charge is 2.14. The van der Waals surface area contributed by atoms with Crippen LogP contribution in [0.1, 0.15) is 6.42 Å². The van der Waals surface area contributed by atoms with Gasteiger partial charge in [0.2, 0.25) is 11.8 Å². The Morgan fingerprint density at radius 1 is 1.14 bits per heavy atom. The van der Waals surface area contributed by atoms with Crippen molar-refractivity contribution >= 4 is 40.0 Å². The van der Waals surface area contributed by atoms with Crippen LogP contribution in [-0.4, -0.2) is 39.9 Å². The Bertz CT molecular complexity index is 1080. The standard InChI is InChI=1S/C20H19ClN4O3/c1-24(12-18(26)23-17-9-5-3-7-15(17)21)19(27)10-11-25-13-22-16-8-4-2-6-14(16)20(25)28/h2-9,13H,10-12H2,1H3,(H,23,26). The first-order valence-corrected chi connectivity index (χ1v) is 9.06. The highest BCUT2D eigenvalue weighted by molar-refractivity contribution is 6.33. The second-order valence-corrected chi connectivity index (χ2v) is 6.70. The Labute approximate surface area is 166 Å². The maximum absolute atomic E-state index is 12.4. The quantitative estimate of drug-likeness (QED) is 0.691. The number of benzene rings is 2. The van der Waals surface area contributed by atoms with Gasteiger partial charge in [-0.3, -0.25) is 19.0 Å². The molecule has 28 heavy (non-hydrogen) atoms. The van der Waals surface area contributed by atoms with Crippen molar-refractivity contribution in [2.24, 2.45) is 0 Å². The van der Waals surface area contributed by atoms with Gasteiger partial charge in [0.15, 0.2) is 0 Å². The second-order valence-electron chi connectivity index (χ2n) is 6.29. The predicted molar refractivity (Wildman–Crippen MR) is 108 cm³/mol. The number of anilines is 1. The minimum Gasteiger partial charge on any atom is -0.336 e. The van der Waals surface area contributed by atoms with Gasteiger partial charge in [-0.2, -0.15) is 0 Å². The molecule has 8 heteroatoms. The molecule has 0 aliphatic carbocycles. The molecule has 7 nitrogen and oxygen atoms in total. The highest BCUT2D eigenvalue weighted by Crippen LogP contribution is 2.20. The number of likely N-dealkylation sites (N-methyl/N-ethyl adjacent to an activating group) is 1. The van der Waals surface area contributed by atoms with Crippen molar-refractivity contribution in [3.8, 4) is 0 Å². The summed E-state index contributed by atoms with van der Waals surface area (Å²) in [5, 5.41) is 3.60. The summed E-state index contributed by atoms with van der Waals surface area (Å²) in [4.78, 5) is 42.4. The van der Waals surface area contributed by atoms with Gasteiger partial charge < -0.3 is 10.2 Å². The number of halogens is 1. The molecule has 0 radical (unpaired) electrons. The maximum atomic E-state index is 12.4. The van der Waals surface area contributed by atoms with Crippen molar-refractivity contribution in [1.82, 2.24) is 14.5 Å². The number of nitrogens with one attached hydrogen (secondary N) is 1. The number of carbonyl (C=O) groups excluding carboxylic acids is 2. The van der Waals surface area contributed by atoms with Crippen LogP contribution in [0, 0.1) is 0 Å². The molecule has 144 valence electrons. The fourth-order valence-electron chi connectivity index (χ4n) is 2.73. The molecular formula is C20H19ClN4O3. The Morgan fingerprint density at radius 2 is 1.86 bits per heavy atom. The van der Waals surface area contributed by atoms with Crippen LogP contribution in [0.2, 0.25) is 5.02 Å². The van der Waals surface area contributed by atoms with E-state index < -0.39 is 0 Å². The number of fused-ring (bicyclic) bond motifs is 1. The van der Waals surface area contributed by atoms with E-state index in [-0.39, 0.29) is 36.9 Å². The fraction of sp³-hybridized carbons (Fsp3) is 0.200. The average molecular weight is 399 g/mol. The predicted octanol–water partition coefficient (Wildman–Crippen LogP) is 2.54. The van der Waals surface area contributed by atoms with E-state index in [1.165, 1.54) is 22.8 Å². The van der Waals surface area contributed by atoms with Gasteiger partial charge in [-0.15, -0.1) is 0 Å².